The van der Waals surface area contributed by atoms with Gasteiger partial charge in [-0.3, -0.25) is 4.90 Å². The van der Waals surface area contributed by atoms with E-state index in [2.05, 4.69) is 15.9 Å². The highest BCUT2D eigenvalue weighted by Crippen LogP contribution is 2.26. The van der Waals surface area contributed by atoms with Crippen LogP contribution in [0.15, 0.2) is 16.6 Å². The molecule has 0 amide bonds. The number of hydrogen-bond donors (Lipinski definition) is 1. The van der Waals surface area contributed by atoms with Crippen LogP contribution >= 0.6 is 15.9 Å². The van der Waals surface area contributed by atoms with Gasteiger partial charge in [-0.25, -0.2) is 8.78 Å². The topological polar surface area (TPSA) is 32.7 Å². The molecule has 1 aliphatic rings. The first-order valence-corrected chi connectivity index (χ1v) is 7.25. The van der Waals surface area contributed by atoms with Crippen molar-refractivity contribution in [2.75, 3.05) is 19.7 Å². The Hall–Kier alpha value is -0.560. The first kappa shape index (κ1) is 15.8. The molecule has 1 fully saturated rings. The van der Waals surface area contributed by atoms with E-state index in [0.717, 1.165) is 0 Å². The maximum atomic E-state index is 14.0. The highest BCUT2D eigenvalue weighted by molar-refractivity contribution is 9.10. The summed E-state index contributed by atoms with van der Waals surface area (Å²) in [5.41, 5.74) is -0.418. The third-order valence-electron chi connectivity index (χ3n) is 3.28. The van der Waals surface area contributed by atoms with Gasteiger partial charge in [0.25, 0.3) is 0 Å². The smallest absolute Gasteiger partial charge is 0.144 e. The van der Waals surface area contributed by atoms with Crippen LogP contribution in [-0.4, -0.2) is 41.4 Å². The van der Waals surface area contributed by atoms with Gasteiger partial charge in [0.15, 0.2) is 0 Å². The first-order chi connectivity index (χ1) is 9.32. The van der Waals surface area contributed by atoms with E-state index in [1.165, 1.54) is 12.1 Å². The van der Waals surface area contributed by atoms with Gasteiger partial charge in [0.1, 0.15) is 11.6 Å². The van der Waals surface area contributed by atoms with Crippen molar-refractivity contribution in [3.63, 3.8) is 0 Å². The Morgan fingerprint density at radius 2 is 2.15 bits per heavy atom. The Kier molecular flexibility index (Phi) is 4.79. The minimum Gasteiger partial charge on any atom is -0.394 e. The van der Waals surface area contributed by atoms with Gasteiger partial charge in [-0.2, -0.15) is 0 Å². The molecule has 0 aromatic heterocycles. The molecular formula is C14H18BrF2NO2. The number of hydrogen-bond acceptors (Lipinski definition) is 3. The summed E-state index contributed by atoms with van der Waals surface area (Å²) in [6.07, 6.45) is -0.336. The normalized spacial score (nSPS) is 23.0. The van der Waals surface area contributed by atoms with Crippen molar-refractivity contribution < 1.29 is 18.6 Å². The molecular weight excluding hydrogens is 332 g/mol. The molecule has 1 saturated heterocycles. The number of benzene rings is 1. The van der Waals surface area contributed by atoms with Crippen molar-refractivity contribution in [2.45, 2.75) is 32.1 Å². The molecule has 0 aliphatic carbocycles. The second kappa shape index (κ2) is 6.05. The van der Waals surface area contributed by atoms with Crippen LogP contribution in [0.4, 0.5) is 8.78 Å². The fourth-order valence-corrected chi connectivity index (χ4v) is 2.94. The zero-order chi connectivity index (χ0) is 14.9. The lowest BCUT2D eigenvalue weighted by Crippen LogP contribution is -2.53. The van der Waals surface area contributed by atoms with Gasteiger partial charge in [0.05, 0.1) is 22.8 Å². The van der Waals surface area contributed by atoms with E-state index in [1.54, 1.807) is 0 Å². The van der Waals surface area contributed by atoms with E-state index in [0.29, 0.717) is 13.1 Å². The average molecular weight is 350 g/mol. The fraction of sp³-hybridized carbons (Fsp3) is 0.571. The molecule has 1 N–H and O–H groups in total. The molecule has 3 nitrogen and oxygen atoms in total. The largest absolute Gasteiger partial charge is 0.394 e. The summed E-state index contributed by atoms with van der Waals surface area (Å²) in [5, 5.41) is 9.25. The third kappa shape index (κ3) is 3.55. The Bertz CT molecular complexity index is 496. The quantitative estimate of drug-likeness (QED) is 0.851. The van der Waals surface area contributed by atoms with Crippen LogP contribution in [0.25, 0.3) is 0 Å². The Labute approximate surface area is 125 Å². The SMILES string of the molecule is CC1(C)CN(Cc2c(F)ccc(Br)c2F)CC(CO)O1. The number of aliphatic hydroxyl groups is 1. The molecule has 1 aliphatic heterocycles. The number of nitrogens with zero attached hydrogens (tertiary/aromatic N) is 1. The van der Waals surface area contributed by atoms with E-state index in [9.17, 15) is 13.9 Å². The molecule has 1 aromatic carbocycles. The number of rotatable bonds is 3. The number of aliphatic hydroxyl groups excluding tert-OH is 1. The van der Waals surface area contributed by atoms with Gasteiger partial charge in [0.2, 0.25) is 0 Å². The molecule has 0 bridgehead atoms. The summed E-state index contributed by atoms with van der Waals surface area (Å²) in [5.74, 6) is -1.13. The van der Waals surface area contributed by atoms with Crippen molar-refractivity contribution in [1.82, 2.24) is 4.90 Å². The third-order valence-corrected chi connectivity index (χ3v) is 3.89. The second-order valence-electron chi connectivity index (χ2n) is 5.67. The highest BCUT2D eigenvalue weighted by atomic mass is 79.9. The van der Waals surface area contributed by atoms with Crippen molar-refractivity contribution in [2.24, 2.45) is 0 Å². The lowest BCUT2D eigenvalue weighted by atomic mass is 10.0. The number of ether oxygens (including phenoxy) is 1. The molecule has 1 heterocycles. The van der Waals surface area contributed by atoms with E-state index in [-0.39, 0.29) is 29.3 Å². The maximum Gasteiger partial charge on any atom is 0.144 e. The molecule has 112 valence electrons. The van der Waals surface area contributed by atoms with Crippen molar-refractivity contribution >= 4 is 15.9 Å². The average Bonchev–Trinajstić information content (AvgIpc) is 2.37. The fourth-order valence-electron chi connectivity index (χ4n) is 2.57. The zero-order valence-corrected chi connectivity index (χ0v) is 13.1. The van der Waals surface area contributed by atoms with Gasteiger partial charge in [-0.05, 0) is 41.9 Å². The van der Waals surface area contributed by atoms with E-state index >= 15 is 0 Å². The Balaban J connectivity index is 2.19. The first-order valence-electron chi connectivity index (χ1n) is 6.46. The molecule has 0 saturated carbocycles. The number of halogens is 3. The van der Waals surface area contributed by atoms with Gasteiger partial charge in [-0.1, -0.05) is 0 Å². The summed E-state index contributed by atoms with van der Waals surface area (Å²) >= 11 is 3.07. The van der Waals surface area contributed by atoms with Gasteiger partial charge < -0.3 is 9.84 Å². The van der Waals surface area contributed by atoms with Crippen LogP contribution in [0.5, 0.6) is 0 Å². The van der Waals surface area contributed by atoms with E-state index in [4.69, 9.17) is 4.74 Å². The molecule has 2 rings (SSSR count). The lowest BCUT2D eigenvalue weighted by molar-refractivity contribution is -0.150. The molecule has 1 atom stereocenters. The predicted molar refractivity (Wildman–Crippen MR) is 75.4 cm³/mol. The Morgan fingerprint density at radius 1 is 1.45 bits per heavy atom. The predicted octanol–water partition coefficient (Wildman–Crippen LogP) is 2.70. The van der Waals surface area contributed by atoms with Crippen molar-refractivity contribution in [1.29, 1.82) is 0 Å². The van der Waals surface area contributed by atoms with E-state index in [1.807, 2.05) is 18.7 Å². The highest BCUT2D eigenvalue weighted by Gasteiger charge is 2.33. The molecule has 20 heavy (non-hydrogen) atoms. The van der Waals surface area contributed by atoms with Crippen LogP contribution in [0.3, 0.4) is 0 Å². The lowest BCUT2D eigenvalue weighted by Gasteiger charge is -2.42. The maximum absolute atomic E-state index is 14.0. The minimum atomic E-state index is -0.574. The second-order valence-corrected chi connectivity index (χ2v) is 6.53. The van der Waals surface area contributed by atoms with Gasteiger partial charge in [0, 0.05) is 25.2 Å². The molecule has 0 radical (unpaired) electrons. The summed E-state index contributed by atoms with van der Waals surface area (Å²) in [6.45, 7) is 4.84. The van der Waals surface area contributed by atoms with Gasteiger partial charge >= 0.3 is 0 Å². The standard InChI is InChI=1S/C14H18BrF2NO2/c1-14(2)8-18(5-9(7-19)20-14)6-10-12(16)4-3-11(15)13(10)17/h3-4,9,19H,5-8H2,1-2H3. The summed E-state index contributed by atoms with van der Waals surface area (Å²) in [6, 6.07) is 2.60. The van der Waals surface area contributed by atoms with Crippen LogP contribution in [0, 0.1) is 11.6 Å². The molecule has 1 aromatic rings. The summed E-state index contributed by atoms with van der Waals surface area (Å²) in [4.78, 5) is 1.90. The summed E-state index contributed by atoms with van der Waals surface area (Å²) in [7, 11) is 0. The molecule has 1 unspecified atom stereocenters. The van der Waals surface area contributed by atoms with Crippen LogP contribution < -0.4 is 0 Å². The Morgan fingerprint density at radius 3 is 2.80 bits per heavy atom. The zero-order valence-electron chi connectivity index (χ0n) is 11.5. The van der Waals surface area contributed by atoms with Crippen molar-refractivity contribution in [3.8, 4) is 0 Å². The van der Waals surface area contributed by atoms with Crippen molar-refractivity contribution in [3.05, 3.63) is 33.8 Å². The number of morpholine rings is 1. The van der Waals surface area contributed by atoms with Crippen LogP contribution in [-0.2, 0) is 11.3 Å². The van der Waals surface area contributed by atoms with E-state index < -0.39 is 17.2 Å². The monoisotopic (exact) mass is 349 g/mol. The molecule has 6 heteroatoms. The van der Waals surface area contributed by atoms with Crippen LogP contribution in [0.1, 0.15) is 19.4 Å². The van der Waals surface area contributed by atoms with Gasteiger partial charge in [-0.15, -0.1) is 0 Å². The molecule has 0 spiro atoms. The summed E-state index contributed by atoms with van der Waals surface area (Å²) < 4.78 is 33.7. The minimum absolute atomic E-state index is 0.0359. The van der Waals surface area contributed by atoms with Crippen LogP contribution in [0.2, 0.25) is 0 Å².